The Hall–Kier alpha value is -2.47. The van der Waals surface area contributed by atoms with Crippen molar-refractivity contribution in [2.24, 2.45) is 0 Å². The molecule has 1 N–H and O–H groups in total. The van der Waals surface area contributed by atoms with Crippen molar-refractivity contribution in [3.05, 3.63) is 63.0 Å². The van der Waals surface area contributed by atoms with Crippen molar-refractivity contribution in [2.45, 2.75) is 6.42 Å². The number of benzene rings is 1. The van der Waals surface area contributed by atoms with Crippen LogP contribution in [-0.2, 0) is 6.42 Å². The van der Waals surface area contributed by atoms with Gasteiger partial charge in [0.2, 0.25) is 0 Å². The van der Waals surface area contributed by atoms with Gasteiger partial charge in [0.1, 0.15) is 5.52 Å². The largest absolute Gasteiger partial charge is 0.384 e. The van der Waals surface area contributed by atoms with E-state index in [1.807, 2.05) is 18.2 Å². The van der Waals surface area contributed by atoms with E-state index in [-0.39, 0.29) is 5.69 Å². The maximum atomic E-state index is 11.0. The highest BCUT2D eigenvalue weighted by atomic mass is 32.1. The first-order valence-electron chi connectivity index (χ1n) is 6.54. The van der Waals surface area contributed by atoms with Crippen LogP contribution in [0.25, 0.3) is 10.9 Å². The zero-order valence-corrected chi connectivity index (χ0v) is 12.0. The van der Waals surface area contributed by atoms with E-state index >= 15 is 0 Å². The van der Waals surface area contributed by atoms with Crippen molar-refractivity contribution in [1.82, 2.24) is 4.98 Å². The Labute approximate surface area is 125 Å². The van der Waals surface area contributed by atoms with Crippen LogP contribution >= 0.6 is 11.3 Å². The molecule has 0 spiro atoms. The van der Waals surface area contributed by atoms with E-state index in [4.69, 9.17) is 0 Å². The zero-order chi connectivity index (χ0) is 14.7. The number of non-ortho nitro benzene ring substituents is 1. The van der Waals surface area contributed by atoms with Gasteiger partial charge in [-0.15, -0.1) is 11.3 Å². The van der Waals surface area contributed by atoms with E-state index in [0.29, 0.717) is 5.52 Å². The summed E-state index contributed by atoms with van der Waals surface area (Å²) in [6, 6.07) is 11.0. The molecular weight excluding hydrogens is 286 g/mol. The first-order chi connectivity index (χ1) is 10.3. The Morgan fingerprint density at radius 1 is 1.24 bits per heavy atom. The number of hydrogen-bond acceptors (Lipinski definition) is 5. The number of nitrogens with one attached hydrogen (secondary N) is 1. The van der Waals surface area contributed by atoms with Crippen molar-refractivity contribution in [1.29, 1.82) is 0 Å². The van der Waals surface area contributed by atoms with Gasteiger partial charge in [-0.3, -0.25) is 10.1 Å². The van der Waals surface area contributed by atoms with Gasteiger partial charge >= 0.3 is 0 Å². The van der Waals surface area contributed by atoms with E-state index in [1.165, 1.54) is 10.9 Å². The van der Waals surface area contributed by atoms with Crippen molar-refractivity contribution in [3.63, 3.8) is 0 Å². The maximum absolute atomic E-state index is 11.0. The predicted molar refractivity (Wildman–Crippen MR) is 84.9 cm³/mol. The first kappa shape index (κ1) is 13.5. The molecule has 0 unspecified atom stereocenters. The third kappa shape index (κ3) is 2.85. The summed E-state index contributed by atoms with van der Waals surface area (Å²) in [5.41, 5.74) is 1.33. The normalized spacial score (nSPS) is 10.7. The van der Waals surface area contributed by atoms with E-state index in [9.17, 15) is 10.1 Å². The molecule has 5 nitrogen and oxygen atoms in total. The molecule has 0 radical (unpaired) electrons. The SMILES string of the molecule is O=[N+]([O-])c1cccc2c(NCCc3cccs3)ccnc12. The van der Waals surface area contributed by atoms with Gasteiger partial charge in [0.05, 0.1) is 4.92 Å². The summed E-state index contributed by atoms with van der Waals surface area (Å²) in [6.45, 7) is 0.780. The Kier molecular flexibility index (Phi) is 3.79. The maximum Gasteiger partial charge on any atom is 0.295 e. The van der Waals surface area contributed by atoms with Gasteiger partial charge in [0.25, 0.3) is 5.69 Å². The number of pyridine rings is 1. The van der Waals surface area contributed by atoms with Crippen LogP contribution in [0.4, 0.5) is 11.4 Å². The number of fused-ring (bicyclic) bond motifs is 1. The lowest BCUT2D eigenvalue weighted by Gasteiger charge is -2.08. The number of nitro groups is 1. The Morgan fingerprint density at radius 2 is 2.14 bits per heavy atom. The monoisotopic (exact) mass is 299 g/mol. The van der Waals surface area contributed by atoms with E-state index in [0.717, 1.165) is 24.0 Å². The van der Waals surface area contributed by atoms with E-state index in [2.05, 4.69) is 21.7 Å². The summed E-state index contributed by atoms with van der Waals surface area (Å²) in [5.74, 6) is 0. The zero-order valence-electron chi connectivity index (χ0n) is 11.2. The van der Waals surface area contributed by atoms with Gasteiger partial charge in [0, 0.05) is 34.8 Å². The number of anilines is 1. The Morgan fingerprint density at radius 3 is 2.90 bits per heavy atom. The van der Waals surface area contributed by atoms with Gasteiger partial charge in [-0.25, -0.2) is 4.98 Å². The van der Waals surface area contributed by atoms with Crippen LogP contribution < -0.4 is 5.32 Å². The summed E-state index contributed by atoms with van der Waals surface area (Å²) in [7, 11) is 0. The molecule has 0 saturated heterocycles. The highest BCUT2D eigenvalue weighted by Gasteiger charge is 2.14. The number of rotatable bonds is 5. The van der Waals surface area contributed by atoms with Crippen LogP contribution in [0.2, 0.25) is 0 Å². The van der Waals surface area contributed by atoms with Crippen molar-refractivity contribution >= 4 is 33.6 Å². The quantitative estimate of drug-likeness (QED) is 0.574. The standard InChI is InChI=1S/C15H13N3O2S/c19-18(20)14-5-1-4-12-13(7-9-17-15(12)14)16-8-6-11-3-2-10-21-11/h1-5,7,9-10H,6,8H2,(H,16,17). The van der Waals surface area contributed by atoms with Crippen LogP contribution in [0.15, 0.2) is 48.0 Å². The van der Waals surface area contributed by atoms with Gasteiger partial charge in [-0.05, 0) is 23.9 Å². The van der Waals surface area contributed by atoms with Gasteiger partial charge in [0.15, 0.2) is 0 Å². The van der Waals surface area contributed by atoms with Crippen molar-refractivity contribution < 1.29 is 4.92 Å². The second-order valence-corrected chi connectivity index (χ2v) is 5.58. The molecule has 0 atom stereocenters. The topological polar surface area (TPSA) is 68.1 Å². The van der Waals surface area contributed by atoms with Crippen LogP contribution in [-0.4, -0.2) is 16.5 Å². The van der Waals surface area contributed by atoms with Crippen LogP contribution in [0.3, 0.4) is 0 Å². The lowest BCUT2D eigenvalue weighted by molar-refractivity contribution is -0.383. The summed E-state index contributed by atoms with van der Waals surface area (Å²) < 4.78 is 0. The molecule has 0 aliphatic carbocycles. The molecule has 3 aromatic rings. The molecule has 0 aliphatic heterocycles. The number of hydrogen-bond donors (Lipinski definition) is 1. The predicted octanol–water partition coefficient (Wildman–Crippen LogP) is 3.86. The molecule has 2 heterocycles. The Balaban J connectivity index is 1.85. The number of nitro benzene ring substituents is 1. The average molecular weight is 299 g/mol. The highest BCUT2D eigenvalue weighted by molar-refractivity contribution is 7.09. The number of thiophene rings is 1. The smallest absolute Gasteiger partial charge is 0.295 e. The molecular formula is C15H13N3O2S. The minimum atomic E-state index is -0.398. The highest BCUT2D eigenvalue weighted by Crippen LogP contribution is 2.28. The molecule has 1 aromatic carbocycles. The van der Waals surface area contributed by atoms with Gasteiger partial charge in [-0.2, -0.15) is 0 Å². The number of nitrogens with zero attached hydrogens (tertiary/aromatic N) is 2. The van der Waals surface area contributed by atoms with E-state index < -0.39 is 4.92 Å². The molecule has 106 valence electrons. The van der Waals surface area contributed by atoms with Crippen LogP contribution in [0.5, 0.6) is 0 Å². The first-order valence-corrected chi connectivity index (χ1v) is 7.42. The lowest BCUT2D eigenvalue weighted by atomic mass is 10.1. The third-order valence-electron chi connectivity index (χ3n) is 3.21. The van der Waals surface area contributed by atoms with Gasteiger partial charge < -0.3 is 5.32 Å². The van der Waals surface area contributed by atoms with Gasteiger partial charge in [-0.1, -0.05) is 18.2 Å². The van der Waals surface area contributed by atoms with Crippen LogP contribution in [0, 0.1) is 10.1 Å². The summed E-state index contributed by atoms with van der Waals surface area (Å²) in [4.78, 5) is 16.1. The third-order valence-corrected chi connectivity index (χ3v) is 4.15. The number of para-hydroxylation sites is 1. The van der Waals surface area contributed by atoms with E-state index in [1.54, 1.807) is 23.6 Å². The second-order valence-electron chi connectivity index (χ2n) is 4.55. The average Bonchev–Trinajstić information content (AvgIpc) is 3.00. The summed E-state index contributed by atoms with van der Waals surface area (Å²) >= 11 is 1.73. The van der Waals surface area contributed by atoms with Crippen molar-refractivity contribution in [3.8, 4) is 0 Å². The molecule has 0 amide bonds. The van der Waals surface area contributed by atoms with Crippen molar-refractivity contribution in [2.75, 3.05) is 11.9 Å². The number of aromatic nitrogens is 1. The van der Waals surface area contributed by atoms with Crippen LogP contribution in [0.1, 0.15) is 4.88 Å². The fraction of sp³-hybridized carbons (Fsp3) is 0.133. The molecule has 0 aliphatic rings. The fourth-order valence-corrected chi connectivity index (χ4v) is 2.95. The summed E-state index contributed by atoms with van der Waals surface area (Å²) in [6.07, 6.45) is 2.53. The summed E-state index contributed by atoms with van der Waals surface area (Å²) in [5, 5.41) is 17.2. The fourth-order valence-electron chi connectivity index (χ4n) is 2.24. The molecule has 21 heavy (non-hydrogen) atoms. The molecule has 0 fully saturated rings. The molecule has 6 heteroatoms. The molecule has 0 saturated carbocycles. The lowest BCUT2D eigenvalue weighted by Crippen LogP contribution is -2.05. The molecule has 0 bridgehead atoms. The minimum Gasteiger partial charge on any atom is -0.384 e. The Bertz CT molecular complexity index is 772. The second kappa shape index (κ2) is 5.88. The minimum absolute atomic E-state index is 0.0365. The molecule has 2 aromatic heterocycles. The molecule has 3 rings (SSSR count).